The summed E-state index contributed by atoms with van der Waals surface area (Å²) in [6.45, 7) is 1.54. The number of nitrogens with zero attached hydrogens (tertiary/aromatic N) is 1. The minimum absolute atomic E-state index is 0.0887. The smallest absolute Gasteiger partial charge is 0.419 e. The lowest BCUT2D eigenvalue weighted by atomic mass is 10.1. The largest absolute Gasteiger partial charge is 0.507 e. The van der Waals surface area contributed by atoms with Crippen LogP contribution < -0.4 is 0 Å². The Morgan fingerprint density at radius 1 is 1.19 bits per heavy atom. The number of halogens is 3. The fraction of sp³-hybridized carbons (Fsp3) is 0.571. The molecular formula is C14H18F3NO3. The first-order valence-corrected chi connectivity index (χ1v) is 6.52. The van der Waals surface area contributed by atoms with E-state index in [0.717, 1.165) is 12.1 Å². The molecule has 2 atom stereocenters. The number of likely N-dealkylation sites (tertiary alicyclic amines) is 1. The number of methoxy groups -OCH3 is 2. The molecule has 0 aromatic heterocycles. The van der Waals surface area contributed by atoms with E-state index in [-0.39, 0.29) is 12.2 Å². The van der Waals surface area contributed by atoms with Gasteiger partial charge in [0.1, 0.15) is 5.75 Å². The minimum Gasteiger partial charge on any atom is -0.507 e. The fourth-order valence-corrected chi connectivity index (χ4v) is 2.57. The van der Waals surface area contributed by atoms with E-state index in [2.05, 4.69) is 0 Å². The van der Waals surface area contributed by atoms with Crippen LogP contribution in [0.4, 0.5) is 13.2 Å². The predicted molar refractivity (Wildman–Crippen MR) is 70.0 cm³/mol. The van der Waals surface area contributed by atoms with Gasteiger partial charge in [-0.3, -0.25) is 4.90 Å². The van der Waals surface area contributed by atoms with Gasteiger partial charge in [-0.15, -0.1) is 0 Å². The van der Waals surface area contributed by atoms with E-state index in [0.29, 0.717) is 25.2 Å². The molecule has 4 nitrogen and oxygen atoms in total. The second-order valence-corrected chi connectivity index (χ2v) is 5.09. The molecule has 1 fully saturated rings. The highest BCUT2D eigenvalue weighted by Gasteiger charge is 2.35. The highest BCUT2D eigenvalue weighted by molar-refractivity contribution is 5.38. The van der Waals surface area contributed by atoms with Gasteiger partial charge in [-0.2, -0.15) is 13.2 Å². The van der Waals surface area contributed by atoms with Crippen molar-refractivity contribution in [2.75, 3.05) is 27.3 Å². The third-order valence-corrected chi connectivity index (χ3v) is 3.67. The van der Waals surface area contributed by atoms with E-state index in [1.165, 1.54) is 6.07 Å². The van der Waals surface area contributed by atoms with Crippen molar-refractivity contribution < 1.29 is 27.8 Å². The zero-order chi connectivity index (χ0) is 15.6. The SMILES string of the molecule is COC1CN(Cc2ccc(O)c(C(F)(F)F)c2)CC1OC. The van der Waals surface area contributed by atoms with Crippen molar-refractivity contribution in [2.45, 2.75) is 24.9 Å². The first-order chi connectivity index (χ1) is 9.85. The molecule has 0 spiro atoms. The van der Waals surface area contributed by atoms with E-state index in [9.17, 15) is 18.3 Å². The van der Waals surface area contributed by atoms with Gasteiger partial charge in [-0.1, -0.05) is 6.07 Å². The maximum atomic E-state index is 12.8. The molecular weight excluding hydrogens is 287 g/mol. The Hall–Kier alpha value is -1.31. The molecule has 1 saturated heterocycles. The molecule has 1 N–H and O–H groups in total. The third-order valence-electron chi connectivity index (χ3n) is 3.67. The summed E-state index contributed by atoms with van der Waals surface area (Å²) in [4.78, 5) is 1.97. The second kappa shape index (κ2) is 6.21. The van der Waals surface area contributed by atoms with Crippen molar-refractivity contribution in [3.05, 3.63) is 29.3 Å². The Bertz CT molecular complexity index is 481. The number of rotatable bonds is 4. The fourth-order valence-electron chi connectivity index (χ4n) is 2.57. The summed E-state index contributed by atoms with van der Waals surface area (Å²) >= 11 is 0. The van der Waals surface area contributed by atoms with Crippen LogP contribution in [-0.4, -0.2) is 49.5 Å². The van der Waals surface area contributed by atoms with Gasteiger partial charge in [0, 0.05) is 33.9 Å². The lowest BCUT2D eigenvalue weighted by molar-refractivity contribution is -0.138. The summed E-state index contributed by atoms with van der Waals surface area (Å²) in [6.07, 6.45) is -4.74. The monoisotopic (exact) mass is 305 g/mol. The Morgan fingerprint density at radius 3 is 2.24 bits per heavy atom. The molecule has 0 saturated carbocycles. The van der Waals surface area contributed by atoms with Gasteiger partial charge in [0.25, 0.3) is 0 Å². The normalized spacial score (nSPS) is 23.7. The van der Waals surface area contributed by atoms with Gasteiger partial charge in [-0.05, 0) is 17.7 Å². The van der Waals surface area contributed by atoms with Crippen LogP contribution in [0.2, 0.25) is 0 Å². The van der Waals surface area contributed by atoms with Crippen LogP contribution in [0.1, 0.15) is 11.1 Å². The Morgan fingerprint density at radius 2 is 1.76 bits per heavy atom. The number of hydrogen-bond donors (Lipinski definition) is 1. The number of ether oxygens (including phenoxy) is 2. The number of benzene rings is 1. The third kappa shape index (κ3) is 3.66. The van der Waals surface area contributed by atoms with Crippen molar-refractivity contribution in [1.29, 1.82) is 0 Å². The Balaban J connectivity index is 2.11. The Labute approximate surface area is 121 Å². The summed E-state index contributed by atoms with van der Waals surface area (Å²) in [6, 6.07) is 3.56. The van der Waals surface area contributed by atoms with Gasteiger partial charge < -0.3 is 14.6 Å². The summed E-state index contributed by atoms with van der Waals surface area (Å²) in [7, 11) is 3.17. The van der Waals surface area contributed by atoms with Gasteiger partial charge in [0.2, 0.25) is 0 Å². The number of phenolic OH excluding ortho intramolecular Hbond substituents is 1. The van der Waals surface area contributed by atoms with Crippen LogP contribution in [0.5, 0.6) is 5.75 Å². The molecule has 21 heavy (non-hydrogen) atoms. The molecule has 0 amide bonds. The number of alkyl halides is 3. The van der Waals surface area contributed by atoms with Gasteiger partial charge >= 0.3 is 6.18 Å². The van der Waals surface area contributed by atoms with E-state index in [4.69, 9.17) is 9.47 Å². The maximum absolute atomic E-state index is 12.8. The molecule has 2 unspecified atom stereocenters. The molecule has 0 radical (unpaired) electrons. The van der Waals surface area contributed by atoms with Crippen molar-refractivity contribution in [3.8, 4) is 5.75 Å². The number of aromatic hydroxyl groups is 1. The molecule has 0 aliphatic carbocycles. The first-order valence-electron chi connectivity index (χ1n) is 6.52. The van der Waals surface area contributed by atoms with Crippen LogP contribution in [0.25, 0.3) is 0 Å². The molecule has 1 heterocycles. The molecule has 0 bridgehead atoms. The highest BCUT2D eigenvalue weighted by Crippen LogP contribution is 2.36. The summed E-state index contributed by atoms with van der Waals surface area (Å²) in [5.74, 6) is -0.753. The lowest BCUT2D eigenvalue weighted by Gasteiger charge is -2.17. The van der Waals surface area contributed by atoms with Crippen molar-refractivity contribution >= 4 is 0 Å². The molecule has 2 rings (SSSR count). The predicted octanol–water partition coefficient (Wildman–Crippen LogP) is 2.26. The standard InChI is InChI=1S/C14H18F3NO3/c1-20-12-7-18(8-13(12)21-2)6-9-3-4-11(19)10(5-9)14(15,16)17/h3-5,12-13,19H,6-8H2,1-2H3. The van der Waals surface area contributed by atoms with Crippen LogP contribution in [0.3, 0.4) is 0 Å². The van der Waals surface area contributed by atoms with Gasteiger partial charge in [0.05, 0.1) is 17.8 Å². The number of phenols is 1. The zero-order valence-electron chi connectivity index (χ0n) is 11.9. The first kappa shape index (κ1) is 16.1. The van der Waals surface area contributed by atoms with Crippen LogP contribution in [0, 0.1) is 0 Å². The van der Waals surface area contributed by atoms with E-state index in [1.807, 2.05) is 4.90 Å². The molecule has 1 aliphatic heterocycles. The van der Waals surface area contributed by atoms with Gasteiger partial charge in [-0.25, -0.2) is 0 Å². The summed E-state index contributed by atoms with van der Waals surface area (Å²) in [5, 5.41) is 9.32. The maximum Gasteiger partial charge on any atom is 0.419 e. The van der Waals surface area contributed by atoms with E-state index >= 15 is 0 Å². The summed E-state index contributed by atoms with van der Waals surface area (Å²) < 4.78 is 48.9. The quantitative estimate of drug-likeness (QED) is 0.926. The van der Waals surface area contributed by atoms with E-state index < -0.39 is 17.5 Å². The van der Waals surface area contributed by atoms with Crippen LogP contribution in [-0.2, 0) is 22.2 Å². The van der Waals surface area contributed by atoms with Crippen LogP contribution >= 0.6 is 0 Å². The molecule has 1 aliphatic rings. The molecule has 1 aromatic carbocycles. The summed E-state index contributed by atoms with van der Waals surface area (Å²) in [5.41, 5.74) is -0.516. The topological polar surface area (TPSA) is 41.9 Å². The number of hydrogen-bond acceptors (Lipinski definition) is 4. The lowest BCUT2D eigenvalue weighted by Crippen LogP contribution is -2.27. The molecule has 118 valence electrons. The zero-order valence-corrected chi connectivity index (χ0v) is 11.9. The average Bonchev–Trinajstić information content (AvgIpc) is 2.81. The van der Waals surface area contributed by atoms with Crippen molar-refractivity contribution in [3.63, 3.8) is 0 Å². The van der Waals surface area contributed by atoms with E-state index in [1.54, 1.807) is 14.2 Å². The van der Waals surface area contributed by atoms with Crippen molar-refractivity contribution in [1.82, 2.24) is 4.90 Å². The average molecular weight is 305 g/mol. The highest BCUT2D eigenvalue weighted by atomic mass is 19.4. The second-order valence-electron chi connectivity index (χ2n) is 5.09. The molecule has 1 aromatic rings. The van der Waals surface area contributed by atoms with Crippen LogP contribution in [0.15, 0.2) is 18.2 Å². The van der Waals surface area contributed by atoms with Crippen molar-refractivity contribution in [2.24, 2.45) is 0 Å². The Kier molecular flexibility index (Phi) is 4.75. The minimum atomic E-state index is -4.56. The molecule has 7 heteroatoms. The van der Waals surface area contributed by atoms with Gasteiger partial charge in [0.15, 0.2) is 0 Å².